The number of benzene rings is 1. The Labute approximate surface area is 101 Å². The molecule has 0 amide bonds. The van der Waals surface area contributed by atoms with Crippen LogP contribution in [0.5, 0.6) is 0 Å². The van der Waals surface area contributed by atoms with E-state index < -0.39 is 0 Å². The molecule has 5 nitrogen and oxygen atoms in total. The number of fused-ring (bicyclic) bond motifs is 1. The zero-order chi connectivity index (χ0) is 12.0. The van der Waals surface area contributed by atoms with Crippen molar-refractivity contribution < 1.29 is 9.53 Å². The number of aryl methyl sites for hydroxylation is 1. The standard InChI is InChI=1S/C11H7N3O2S/c1-6-12-13-11(17-6)9-10(15)7-4-2-3-5-8(7)14(9)16/h2-5H,1H3. The molecular formula is C11H7N3O2S. The summed E-state index contributed by atoms with van der Waals surface area (Å²) in [5, 5.41) is 20.8. The first-order valence-corrected chi connectivity index (χ1v) is 5.78. The van der Waals surface area contributed by atoms with Crippen LogP contribution in [0.3, 0.4) is 0 Å². The van der Waals surface area contributed by atoms with E-state index in [1.54, 1.807) is 31.2 Å². The largest absolute Gasteiger partial charge is 0.618 e. The maximum Gasteiger partial charge on any atom is 0.303 e. The van der Waals surface area contributed by atoms with Crippen LogP contribution < -0.4 is 0 Å². The topological polar surface area (TPSA) is 68.9 Å². The molecular weight excluding hydrogens is 238 g/mol. The zero-order valence-corrected chi connectivity index (χ0v) is 9.69. The summed E-state index contributed by atoms with van der Waals surface area (Å²) in [4.78, 5) is 12.1. The Kier molecular flexibility index (Phi) is 2.05. The minimum absolute atomic E-state index is 0.0665. The second-order valence-electron chi connectivity index (χ2n) is 3.62. The van der Waals surface area contributed by atoms with E-state index in [9.17, 15) is 10.0 Å². The Bertz CT molecular complexity index is 660. The van der Waals surface area contributed by atoms with Gasteiger partial charge in [-0.05, 0) is 13.0 Å². The minimum atomic E-state index is -0.285. The molecule has 0 spiro atoms. The third kappa shape index (κ3) is 1.38. The molecule has 1 aromatic carbocycles. The first kappa shape index (κ1) is 10.1. The highest BCUT2D eigenvalue weighted by Gasteiger charge is 2.38. The summed E-state index contributed by atoms with van der Waals surface area (Å²) < 4.78 is 0.637. The Hall–Kier alpha value is -2.08. The van der Waals surface area contributed by atoms with Crippen LogP contribution in [0.25, 0.3) is 0 Å². The van der Waals surface area contributed by atoms with Crippen molar-refractivity contribution in [3.63, 3.8) is 0 Å². The van der Waals surface area contributed by atoms with Gasteiger partial charge < -0.3 is 5.21 Å². The highest BCUT2D eigenvalue weighted by atomic mass is 32.1. The Morgan fingerprint density at radius 1 is 1.29 bits per heavy atom. The van der Waals surface area contributed by atoms with Crippen LogP contribution >= 0.6 is 11.3 Å². The van der Waals surface area contributed by atoms with Crippen molar-refractivity contribution >= 4 is 28.5 Å². The van der Waals surface area contributed by atoms with Crippen molar-refractivity contribution in [3.05, 3.63) is 45.1 Å². The summed E-state index contributed by atoms with van der Waals surface area (Å²) in [6.45, 7) is 1.78. The summed E-state index contributed by atoms with van der Waals surface area (Å²) in [5.41, 5.74) is 0.863. The summed E-state index contributed by atoms with van der Waals surface area (Å²) in [6.07, 6.45) is 0. The van der Waals surface area contributed by atoms with E-state index in [0.29, 0.717) is 21.0 Å². The van der Waals surface area contributed by atoms with Crippen molar-refractivity contribution in [1.82, 2.24) is 10.2 Å². The second-order valence-corrected chi connectivity index (χ2v) is 4.80. The van der Waals surface area contributed by atoms with Gasteiger partial charge in [-0.15, -0.1) is 10.2 Å². The van der Waals surface area contributed by atoms with Gasteiger partial charge in [0.15, 0.2) is 0 Å². The van der Waals surface area contributed by atoms with Crippen LogP contribution in [0.4, 0.5) is 5.69 Å². The lowest BCUT2D eigenvalue weighted by molar-refractivity contribution is -0.355. The predicted octanol–water partition coefficient (Wildman–Crippen LogP) is 1.67. The molecule has 2 heterocycles. The number of carbonyl (C=O) groups excluding carboxylic acids is 1. The van der Waals surface area contributed by atoms with Crippen LogP contribution in [0.2, 0.25) is 0 Å². The van der Waals surface area contributed by atoms with Crippen LogP contribution in [-0.4, -0.2) is 26.4 Å². The molecule has 0 unspecified atom stereocenters. The van der Waals surface area contributed by atoms with Gasteiger partial charge in [-0.3, -0.25) is 4.79 Å². The molecule has 1 aliphatic rings. The number of ketones is 1. The minimum Gasteiger partial charge on any atom is -0.618 e. The maximum absolute atomic E-state index is 12.1. The highest BCUT2D eigenvalue weighted by molar-refractivity contribution is 7.14. The van der Waals surface area contributed by atoms with Crippen molar-refractivity contribution in [1.29, 1.82) is 0 Å². The van der Waals surface area contributed by atoms with Crippen molar-refractivity contribution in [2.45, 2.75) is 6.92 Å². The van der Waals surface area contributed by atoms with Gasteiger partial charge in [0.1, 0.15) is 10.6 Å². The second kappa shape index (κ2) is 3.46. The number of hydrogen-bond donors (Lipinski definition) is 0. The number of para-hydroxylation sites is 1. The molecule has 0 atom stereocenters. The van der Waals surface area contributed by atoms with E-state index in [1.165, 1.54) is 11.3 Å². The quantitative estimate of drug-likeness (QED) is 0.566. The molecule has 6 heteroatoms. The summed E-state index contributed by atoms with van der Waals surface area (Å²) in [7, 11) is 0. The predicted molar refractivity (Wildman–Crippen MR) is 62.8 cm³/mol. The number of nitrogens with zero attached hydrogens (tertiary/aromatic N) is 3. The normalized spacial score (nSPS) is 14.3. The van der Waals surface area contributed by atoms with Crippen LogP contribution in [-0.2, 0) is 0 Å². The van der Waals surface area contributed by atoms with Crippen molar-refractivity contribution in [2.75, 3.05) is 0 Å². The van der Waals surface area contributed by atoms with Crippen molar-refractivity contribution in [2.24, 2.45) is 0 Å². The monoisotopic (exact) mass is 245 g/mol. The van der Waals surface area contributed by atoms with Gasteiger partial charge in [-0.25, -0.2) is 0 Å². The van der Waals surface area contributed by atoms with Gasteiger partial charge in [-0.2, -0.15) is 4.74 Å². The van der Waals surface area contributed by atoms with E-state index in [0.717, 1.165) is 5.01 Å². The molecule has 17 heavy (non-hydrogen) atoms. The van der Waals surface area contributed by atoms with Crippen molar-refractivity contribution in [3.8, 4) is 0 Å². The molecule has 1 aliphatic heterocycles. The first-order chi connectivity index (χ1) is 8.18. The molecule has 84 valence electrons. The number of rotatable bonds is 1. The highest BCUT2D eigenvalue weighted by Crippen LogP contribution is 2.28. The van der Waals surface area contributed by atoms with Gasteiger partial charge in [0.2, 0.25) is 10.7 Å². The Morgan fingerprint density at radius 3 is 2.71 bits per heavy atom. The lowest BCUT2D eigenvalue weighted by atomic mass is 10.1. The molecule has 0 radical (unpaired) electrons. The Balaban J connectivity index is 2.21. The van der Waals surface area contributed by atoms with E-state index in [1.807, 2.05) is 0 Å². The number of aromatic nitrogens is 2. The van der Waals surface area contributed by atoms with Gasteiger partial charge in [0.25, 0.3) is 5.78 Å². The lowest BCUT2D eigenvalue weighted by Crippen LogP contribution is -2.16. The third-order valence-electron chi connectivity index (χ3n) is 2.51. The zero-order valence-electron chi connectivity index (χ0n) is 8.88. The van der Waals surface area contributed by atoms with Crippen LogP contribution in [0.1, 0.15) is 20.4 Å². The fraction of sp³-hybridized carbons (Fsp3) is 0.0909. The van der Waals surface area contributed by atoms with E-state index in [-0.39, 0.29) is 11.5 Å². The number of hydrogen-bond acceptors (Lipinski definition) is 5. The third-order valence-corrected chi connectivity index (χ3v) is 3.36. The first-order valence-electron chi connectivity index (χ1n) is 4.97. The number of carbonyl (C=O) groups is 1. The molecule has 0 N–H and O–H groups in total. The molecule has 0 saturated heterocycles. The fourth-order valence-corrected chi connectivity index (χ4v) is 2.47. The van der Waals surface area contributed by atoms with E-state index in [2.05, 4.69) is 10.2 Å². The maximum atomic E-state index is 12.1. The fourth-order valence-electron chi connectivity index (χ4n) is 1.76. The molecule has 0 aliphatic carbocycles. The Morgan fingerprint density at radius 2 is 2.06 bits per heavy atom. The summed E-state index contributed by atoms with van der Waals surface area (Å²) >= 11 is 1.24. The van der Waals surface area contributed by atoms with Gasteiger partial charge >= 0.3 is 5.71 Å². The van der Waals surface area contributed by atoms with Gasteiger partial charge in [-0.1, -0.05) is 23.5 Å². The summed E-state index contributed by atoms with van der Waals surface area (Å²) in [5.74, 6) is -0.285. The summed E-state index contributed by atoms with van der Waals surface area (Å²) in [6, 6.07) is 6.73. The average Bonchev–Trinajstić information content (AvgIpc) is 2.84. The van der Waals surface area contributed by atoms with E-state index >= 15 is 0 Å². The molecule has 0 saturated carbocycles. The van der Waals surface area contributed by atoms with Crippen LogP contribution in [0, 0.1) is 12.1 Å². The smallest absolute Gasteiger partial charge is 0.303 e. The molecule has 1 aromatic heterocycles. The molecule has 0 fully saturated rings. The molecule has 0 bridgehead atoms. The lowest BCUT2D eigenvalue weighted by Gasteiger charge is -1.98. The van der Waals surface area contributed by atoms with Gasteiger partial charge in [0.05, 0.1) is 0 Å². The average molecular weight is 245 g/mol. The van der Waals surface area contributed by atoms with E-state index in [4.69, 9.17) is 0 Å². The molecule has 3 rings (SSSR count). The SMILES string of the molecule is Cc1nnc(C2=[N+]([O-])c3ccccc3C2=O)s1. The molecule has 2 aromatic rings. The number of Topliss-reactive ketones (excluding diaryl/α,β-unsaturated/α-hetero) is 1. The van der Waals surface area contributed by atoms with Gasteiger partial charge in [0, 0.05) is 6.07 Å². The van der Waals surface area contributed by atoms with Crippen LogP contribution in [0.15, 0.2) is 24.3 Å².